The quantitative estimate of drug-likeness (QED) is 0.552. The van der Waals surface area contributed by atoms with Crippen LogP contribution in [0, 0.1) is 16.0 Å². The molecular weight excluding hydrogens is 298 g/mol. The van der Waals surface area contributed by atoms with E-state index in [2.05, 4.69) is 10.6 Å². The number of non-ortho nitro benzene ring substituents is 1. The maximum absolute atomic E-state index is 10.7. The van der Waals surface area contributed by atoms with E-state index in [4.69, 9.17) is 4.42 Å². The van der Waals surface area contributed by atoms with Crippen molar-refractivity contribution in [2.45, 2.75) is 12.6 Å². The fourth-order valence-electron chi connectivity index (χ4n) is 2.68. The summed E-state index contributed by atoms with van der Waals surface area (Å²) >= 11 is 0. The fourth-order valence-corrected chi connectivity index (χ4v) is 2.68. The highest BCUT2D eigenvalue weighted by Gasteiger charge is 2.24. The normalized spacial score (nSPS) is 20.7. The van der Waals surface area contributed by atoms with E-state index in [1.807, 2.05) is 12.1 Å². The molecule has 1 saturated heterocycles. The number of nitro groups is 1. The van der Waals surface area contributed by atoms with Gasteiger partial charge in [-0.05, 0) is 24.3 Å². The number of benzene rings is 1. The standard InChI is InChI=1S/C16H19N3O4/c20-15-10-18-8-12(15)7-17-9-14-5-6-16(23-14)11-1-3-13(4-2-11)19(21)22/h1-6,12,15,17-18,20H,7-10H2. The largest absolute Gasteiger partial charge is 0.460 e. The predicted octanol–water partition coefficient (Wildman–Crippen LogP) is 1.52. The lowest BCUT2D eigenvalue weighted by atomic mass is 10.1. The van der Waals surface area contributed by atoms with Crippen molar-refractivity contribution in [3.8, 4) is 11.3 Å². The summed E-state index contributed by atoms with van der Waals surface area (Å²) in [5, 5.41) is 26.8. The average Bonchev–Trinajstić information content (AvgIpc) is 3.17. The summed E-state index contributed by atoms with van der Waals surface area (Å²) in [6.45, 7) is 2.77. The highest BCUT2D eigenvalue weighted by Crippen LogP contribution is 2.24. The van der Waals surface area contributed by atoms with E-state index in [0.29, 0.717) is 18.8 Å². The number of nitro benzene ring substituents is 1. The van der Waals surface area contributed by atoms with Gasteiger partial charge in [-0.2, -0.15) is 0 Å². The zero-order valence-electron chi connectivity index (χ0n) is 12.6. The Hall–Kier alpha value is -2.22. The molecule has 2 atom stereocenters. The minimum atomic E-state index is -0.423. The number of aliphatic hydroxyl groups excluding tert-OH is 1. The molecule has 1 aliphatic rings. The molecule has 0 aliphatic carbocycles. The molecule has 1 aliphatic heterocycles. The molecular formula is C16H19N3O4. The maximum atomic E-state index is 10.7. The van der Waals surface area contributed by atoms with Gasteiger partial charge in [0.2, 0.25) is 0 Å². The van der Waals surface area contributed by atoms with Gasteiger partial charge in [0, 0.05) is 43.2 Å². The van der Waals surface area contributed by atoms with Gasteiger partial charge in [0.05, 0.1) is 17.6 Å². The molecule has 0 saturated carbocycles. The minimum Gasteiger partial charge on any atom is -0.460 e. The summed E-state index contributed by atoms with van der Waals surface area (Å²) in [5.41, 5.74) is 0.864. The first kappa shape index (κ1) is 15.7. The van der Waals surface area contributed by atoms with Gasteiger partial charge in [0.15, 0.2) is 0 Å². The van der Waals surface area contributed by atoms with Crippen LogP contribution in [0.15, 0.2) is 40.8 Å². The van der Waals surface area contributed by atoms with Gasteiger partial charge in [-0.1, -0.05) is 0 Å². The lowest BCUT2D eigenvalue weighted by Gasteiger charge is -2.13. The van der Waals surface area contributed by atoms with Crippen LogP contribution >= 0.6 is 0 Å². The van der Waals surface area contributed by atoms with Crippen molar-refractivity contribution in [2.24, 2.45) is 5.92 Å². The molecule has 23 heavy (non-hydrogen) atoms. The second-order valence-corrected chi connectivity index (χ2v) is 5.69. The van der Waals surface area contributed by atoms with Crippen molar-refractivity contribution in [3.05, 3.63) is 52.3 Å². The van der Waals surface area contributed by atoms with Crippen molar-refractivity contribution in [2.75, 3.05) is 19.6 Å². The molecule has 0 radical (unpaired) electrons. The Bertz CT molecular complexity index is 668. The Morgan fingerprint density at radius 3 is 2.70 bits per heavy atom. The first-order valence-corrected chi connectivity index (χ1v) is 7.56. The number of rotatable bonds is 6. The van der Waals surface area contributed by atoms with Gasteiger partial charge in [0.25, 0.3) is 5.69 Å². The van der Waals surface area contributed by atoms with Crippen molar-refractivity contribution in [1.82, 2.24) is 10.6 Å². The van der Waals surface area contributed by atoms with Crippen LogP contribution in [0.4, 0.5) is 5.69 Å². The molecule has 2 heterocycles. The topological polar surface area (TPSA) is 101 Å². The van der Waals surface area contributed by atoms with Gasteiger partial charge < -0.3 is 20.2 Å². The van der Waals surface area contributed by atoms with Gasteiger partial charge >= 0.3 is 0 Å². The smallest absolute Gasteiger partial charge is 0.269 e. The lowest BCUT2D eigenvalue weighted by Crippen LogP contribution is -2.30. The Morgan fingerprint density at radius 1 is 1.26 bits per heavy atom. The van der Waals surface area contributed by atoms with E-state index in [1.54, 1.807) is 12.1 Å². The van der Waals surface area contributed by atoms with E-state index in [9.17, 15) is 15.2 Å². The maximum Gasteiger partial charge on any atom is 0.269 e. The fraction of sp³-hybridized carbons (Fsp3) is 0.375. The molecule has 122 valence electrons. The molecule has 3 rings (SSSR count). The second-order valence-electron chi connectivity index (χ2n) is 5.69. The number of β-amino-alcohol motifs (C(OH)–C–C–N with tert-alkyl or cyclic N) is 1. The third kappa shape index (κ3) is 3.76. The van der Waals surface area contributed by atoms with E-state index < -0.39 is 4.92 Å². The summed E-state index contributed by atoms with van der Waals surface area (Å²) in [6.07, 6.45) is -0.297. The summed E-state index contributed by atoms with van der Waals surface area (Å²) in [4.78, 5) is 10.2. The summed E-state index contributed by atoms with van der Waals surface area (Å²) in [5.74, 6) is 1.69. The third-order valence-electron chi connectivity index (χ3n) is 4.03. The van der Waals surface area contributed by atoms with E-state index in [1.165, 1.54) is 12.1 Å². The molecule has 7 heteroatoms. The molecule has 2 unspecified atom stereocenters. The number of hydrogen-bond donors (Lipinski definition) is 3. The summed E-state index contributed by atoms with van der Waals surface area (Å²) in [6, 6.07) is 10.0. The van der Waals surface area contributed by atoms with E-state index >= 15 is 0 Å². The van der Waals surface area contributed by atoms with Crippen LogP contribution in [0.25, 0.3) is 11.3 Å². The highest BCUT2D eigenvalue weighted by atomic mass is 16.6. The molecule has 0 amide bonds. The molecule has 0 bridgehead atoms. The van der Waals surface area contributed by atoms with Crippen molar-refractivity contribution >= 4 is 5.69 Å². The van der Waals surface area contributed by atoms with Gasteiger partial charge in [-0.3, -0.25) is 10.1 Å². The summed E-state index contributed by atoms with van der Waals surface area (Å²) in [7, 11) is 0. The number of nitrogens with one attached hydrogen (secondary N) is 2. The highest BCUT2D eigenvalue weighted by molar-refractivity contribution is 5.59. The SMILES string of the molecule is O=[N+]([O-])c1ccc(-c2ccc(CNCC3CNCC3O)o2)cc1. The van der Waals surface area contributed by atoms with Crippen molar-refractivity contribution in [1.29, 1.82) is 0 Å². The Labute approximate surface area is 133 Å². The molecule has 1 aromatic carbocycles. The van der Waals surface area contributed by atoms with Crippen molar-refractivity contribution in [3.63, 3.8) is 0 Å². The molecule has 7 nitrogen and oxygen atoms in total. The van der Waals surface area contributed by atoms with Crippen LogP contribution in [0.5, 0.6) is 0 Å². The molecule has 1 fully saturated rings. The van der Waals surface area contributed by atoms with Crippen LogP contribution in [0.2, 0.25) is 0 Å². The number of furan rings is 1. The molecule has 0 spiro atoms. The first-order chi connectivity index (χ1) is 11.1. The van der Waals surface area contributed by atoms with Crippen LogP contribution in [-0.4, -0.2) is 35.8 Å². The van der Waals surface area contributed by atoms with Gasteiger partial charge in [0.1, 0.15) is 11.5 Å². The zero-order chi connectivity index (χ0) is 16.2. The molecule has 3 N–H and O–H groups in total. The zero-order valence-corrected chi connectivity index (χ0v) is 12.6. The second kappa shape index (κ2) is 6.91. The van der Waals surface area contributed by atoms with Crippen LogP contribution in [0.3, 0.4) is 0 Å². The van der Waals surface area contributed by atoms with E-state index in [0.717, 1.165) is 24.4 Å². The van der Waals surface area contributed by atoms with Crippen LogP contribution in [0.1, 0.15) is 5.76 Å². The van der Waals surface area contributed by atoms with Crippen molar-refractivity contribution < 1.29 is 14.4 Å². The first-order valence-electron chi connectivity index (χ1n) is 7.56. The predicted molar refractivity (Wildman–Crippen MR) is 84.9 cm³/mol. The Balaban J connectivity index is 1.56. The third-order valence-corrected chi connectivity index (χ3v) is 4.03. The molecule has 1 aromatic heterocycles. The molecule has 2 aromatic rings. The Kier molecular flexibility index (Phi) is 4.71. The van der Waals surface area contributed by atoms with Crippen LogP contribution < -0.4 is 10.6 Å². The lowest BCUT2D eigenvalue weighted by molar-refractivity contribution is -0.384. The minimum absolute atomic E-state index is 0.0610. The number of aliphatic hydroxyl groups is 1. The number of hydrogen-bond acceptors (Lipinski definition) is 6. The average molecular weight is 317 g/mol. The van der Waals surface area contributed by atoms with Gasteiger partial charge in [-0.15, -0.1) is 0 Å². The van der Waals surface area contributed by atoms with E-state index in [-0.39, 0.29) is 17.7 Å². The summed E-state index contributed by atoms with van der Waals surface area (Å²) < 4.78 is 5.75. The Morgan fingerprint density at radius 2 is 2.04 bits per heavy atom. The monoisotopic (exact) mass is 317 g/mol. The van der Waals surface area contributed by atoms with Gasteiger partial charge in [-0.25, -0.2) is 0 Å². The van der Waals surface area contributed by atoms with Crippen LogP contribution in [-0.2, 0) is 6.54 Å². The number of nitrogens with zero attached hydrogens (tertiary/aromatic N) is 1.